The molecule has 0 spiro atoms. The highest BCUT2D eigenvalue weighted by Gasteiger charge is 2.36. The molecule has 20 heavy (non-hydrogen) atoms. The molecule has 4 heterocycles. The van der Waals surface area contributed by atoms with Crippen molar-refractivity contribution in [1.82, 2.24) is 14.5 Å². The molecule has 1 aromatic heterocycles. The molecule has 4 heteroatoms. The van der Waals surface area contributed by atoms with E-state index in [0.717, 1.165) is 23.8 Å². The monoisotopic (exact) mass is 289 g/mol. The number of hydrogen-bond donors (Lipinski definition) is 0. The van der Waals surface area contributed by atoms with Crippen molar-refractivity contribution in [2.75, 3.05) is 19.6 Å². The van der Waals surface area contributed by atoms with Crippen LogP contribution in [0.1, 0.15) is 30.3 Å². The van der Waals surface area contributed by atoms with Crippen LogP contribution >= 0.6 is 11.6 Å². The molecule has 2 bridgehead atoms. The Morgan fingerprint density at radius 3 is 2.75 bits per heavy atom. The molecule has 3 nitrogen and oxygen atoms in total. The summed E-state index contributed by atoms with van der Waals surface area (Å²) in [4.78, 5) is 7.33. The fraction of sp³-hybridized carbons (Fsp3) is 0.562. The van der Waals surface area contributed by atoms with Crippen molar-refractivity contribution in [1.29, 1.82) is 0 Å². The Kier molecular flexibility index (Phi) is 3.00. The zero-order chi connectivity index (χ0) is 13.7. The van der Waals surface area contributed by atoms with Gasteiger partial charge in [-0.05, 0) is 56.5 Å². The highest BCUT2D eigenvalue weighted by Crippen LogP contribution is 2.38. The van der Waals surface area contributed by atoms with E-state index < -0.39 is 0 Å². The summed E-state index contributed by atoms with van der Waals surface area (Å²) < 4.78 is 2.44. The smallest absolute Gasteiger partial charge is 0.125 e. The molecule has 1 unspecified atom stereocenters. The summed E-state index contributed by atoms with van der Waals surface area (Å²) in [7, 11) is 0. The second-order valence-electron chi connectivity index (χ2n) is 6.23. The normalized spacial score (nSPS) is 29.2. The molecule has 0 N–H and O–H groups in total. The number of halogens is 1. The molecule has 3 fully saturated rings. The number of alkyl halides is 1. The van der Waals surface area contributed by atoms with Gasteiger partial charge in [-0.3, -0.25) is 0 Å². The molecule has 3 saturated heterocycles. The minimum Gasteiger partial charge on any atom is -0.322 e. The Morgan fingerprint density at radius 2 is 2.10 bits per heavy atom. The largest absolute Gasteiger partial charge is 0.322 e. The van der Waals surface area contributed by atoms with E-state index in [1.165, 1.54) is 37.0 Å². The fourth-order valence-electron chi connectivity index (χ4n) is 3.94. The van der Waals surface area contributed by atoms with Crippen LogP contribution < -0.4 is 0 Å². The van der Waals surface area contributed by atoms with E-state index >= 15 is 0 Å². The Labute approximate surface area is 124 Å². The Morgan fingerprint density at radius 1 is 1.30 bits per heavy atom. The van der Waals surface area contributed by atoms with Gasteiger partial charge in [0.05, 0.1) is 23.0 Å². The number of aromatic nitrogens is 2. The van der Waals surface area contributed by atoms with Gasteiger partial charge in [0.15, 0.2) is 0 Å². The van der Waals surface area contributed by atoms with Gasteiger partial charge in [-0.15, -0.1) is 11.6 Å². The predicted molar refractivity (Wildman–Crippen MR) is 82.2 cm³/mol. The van der Waals surface area contributed by atoms with Crippen molar-refractivity contribution >= 4 is 22.6 Å². The third-order valence-corrected chi connectivity index (χ3v) is 5.23. The molecule has 3 aliphatic rings. The molecule has 5 rings (SSSR count). The summed E-state index contributed by atoms with van der Waals surface area (Å²) in [5, 5.41) is 0. The second-order valence-corrected chi connectivity index (χ2v) is 6.50. The van der Waals surface area contributed by atoms with Crippen molar-refractivity contribution in [2.24, 2.45) is 5.92 Å². The molecule has 1 atom stereocenters. The summed E-state index contributed by atoms with van der Waals surface area (Å²) in [6.07, 6.45) is 2.63. The van der Waals surface area contributed by atoms with E-state index in [4.69, 9.17) is 16.6 Å². The lowest BCUT2D eigenvalue weighted by molar-refractivity contribution is 0.0578. The van der Waals surface area contributed by atoms with Gasteiger partial charge in [0.1, 0.15) is 5.82 Å². The van der Waals surface area contributed by atoms with Gasteiger partial charge >= 0.3 is 0 Å². The molecular weight excluding hydrogens is 270 g/mol. The van der Waals surface area contributed by atoms with E-state index in [-0.39, 0.29) is 0 Å². The molecule has 3 aliphatic heterocycles. The quantitative estimate of drug-likeness (QED) is 0.791. The fourth-order valence-corrected chi connectivity index (χ4v) is 4.13. The predicted octanol–water partition coefficient (Wildman–Crippen LogP) is 3.35. The summed E-state index contributed by atoms with van der Waals surface area (Å²) in [6.45, 7) is 5.84. The van der Waals surface area contributed by atoms with E-state index in [2.05, 4.69) is 34.6 Å². The SMILES string of the molecule is Cc1ccc2nc(CCl)n(C3CN4CCC3CC4)c2c1. The number of piperidine rings is 3. The average molecular weight is 290 g/mol. The van der Waals surface area contributed by atoms with Crippen LogP contribution in [0.25, 0.3) is 11.0 Å². The molecule has 0 radical (unpaired) electrons. The number of imidazole rings is 1. The van der Waals surface area contributed by atoms with E-state index in [9.17, 15) is 0 Å². The molecule has 1 aromatic carbocycles. The van der Waals surface area contributed by atoms with E-state index in [1.54, 1.807) is 0 Å². The maximum Gasteiger partial charge on any atom is 0.125 e. The van der Waals surface area contributed by atoms with Crippen LogP contribution in [0.15, 0.2) is 18.2 Å². The van der Waals surface area contributed by atoms with Crippen LogP contribution in [0.3, 0.4) is 0 Å². The molecule has 0 saturated carbocycles. The van der Waals surface area contributed by atoms with Gasteiger partial charge in [0, 0.05) is 6.54 Å². The average Bonchev–Trinajstić information content (AvgIpc) is 2.86. The second kappa shape index (κ2) is 4.74. The van der Waals surface area contributed by atoms with Crippen LogP contribution in [0.4, 0.5) is 0 Å². The van der Waals surface area contributed by atoms with Crippen molar-refractivity contribution in [3.63, 3.8) is 0 Å². The first-order chi connectivity index (χ1) is 9.76. The van der Waals surface area contributed by atoms with Gasteiger partial charge in [-0.1, -0.05) is 6.07 Å². The first-order valence-electron chi connectivity index (χ1n) is 7.52. The maximum absolute atomic E-state index is 6.17. The Bertz CT molecular complexity index is 640. The van der Waals surface area contributed by atoms with E-state index in [1.807, 2.05) is 0 Å². The maximum atomic E-state index is 6.17. The van der Waals surface area contributed by atoms with Crippen LogP contribution in [0.2, 0.25) is 0 Å². The number of nitrogens with zero attached hydrogens (tertiary/aromatic N) is 3. The highest BCUT2D eigenvalue weighted by molar-refractivity contribution is 6.16. The first-order valence-corrected chi connectivity index (χ1v) is 8.05. The third kappa shape index (κ3) is 1.87. The summed E-state index contributed by atoms with van der Waals surface area (Å²) >= 11 is 6.17. The van der Waals surface area contributed by atoms with Gasteiger partial charge in [0.25, 0.3) is 0 Å². The molecule has 0 amide bonds. The van der Waals surface area contributed by atoms with Gasteiger partial charge in [-0.2, -0.15) is 0 Å². The minimum absolute atomic E-state index is 0.497. The molecular formula is C16H20ClN3. The zero-order valence-corrected chi connectivity index (χ0v) is 12.6. The first kappa shape index (κ1) is 12.7. The van der Waals surface area contributed by atoms with Crippen LogP contribution in [-0.2, 0) is 5.88 Å². The Hall–Kier alpha value is -1.06. The number of hydrogen-bond acceptors (Lipinski definition) is 2. The summed E-state index contributed by atoms with van der Waals surface area (Å²) in [5.41, 5.74) is 3.64. The molecule has 2 aromatic rings. The standard InChI is InChI=1S/C16H20ClN3/c1-11-2-3-13-14(8-11)20(16(9-17)18-13)15-10-19-6-4-12(15)5-7-19/h2-3,8,12,15H,4-7,9-10H2,1H3. The summed E-state index contributed by atoms with van der Waals surface area (Å²) in [6, 6.07) is 7.07. The van der Waals surface area contributed by atoms with Crippen LogP contribution in [0, 0.1) is 12.8 Å². The lowest BCUT2D eigenvalue weighted by Crippen LogP contribution is -2.48. The van der Waals surface area contributed by atoms with Gasteiger partial charge in [0.2, 0.25) is 0 Å². The third-order valence-electron chi connectivity index (χ3n) is 4.99. The van der Waals surface area contributed by atoms with Gasteiger partial charge < -0.3 is 9.47 Å². The van der Waals surface area contributed by atoms with E-state index in [0.29, 0.717) is 11.9 Å². The van der Waals surface area contributed by atoms with Crippen molar-refractivity contribution in [3.05, 3.63) is 29.6 Å². The number of fused-ring (bicyclic) bond motifs is 4. The lowest BCUT2D eigenvalue weighted by atomic mass is 9.83. The van der Waals surface area contributed by atoms with Crippen LogP contribution in [-0.4, -0.2) is 34.1 Å². The number of aryl methyl sites for hydroxylation is 1. The zero-order valence-electron chi connectivity index (χ0n) is 11.8. The van der Waals surface area contributed by atoms with Gasteiger partial charge in [-0.25, -0.2) is 4.98 Å². The minimum atomic E-state index is 0.497. The number of rotatable bonds is 2. The Balaban J connectivity index is 1.87. The molecule has 0 aliphatic carbocycles. The highest BCUT2D eigenvalue weighted by atomic mass is 35.5. The van der Waals surface area contributed by atoms with Crippen molar-refractivity contribution in [2.45, 2.75) is 31.7 Å². The summed E-state index contributed by atoms with van der Waals surface area (Å²) in [5.74, 6) is 2.32. The lowest BCUT2D eigenvalue weighted by Gasteiger charge is -2.45. The number of benzene rings is 1. The van der Waals surface area contributed by atoms with Crippen molar-refractivity contribution in [3.8, 4) is 0 Å². The molecule has 106 valence electrons. The van der Waals surface area contributed by atoms with Crippen molar-refractivity contribution < 1.29 is 0 Å². The topological polar surface area (TPSA) is 21.1 Å². The van der Waals surface area contributed by atoms with Crippen LogP contribution in [0.5, 0.6) is 0 Å².